The molecular weight excluding hydrogens is 311 g/mol. The summed E-state index contributed by atoms with van der Waals surface area (Å²) in [7, 11) is -1.92. The Morgan fingerprint density at radius 2 is 1.38 bits per heavy atom. The topological polar surface area (TPSA) is 27.0 Å². The third-order valence-electron chi connectivity index (χ3n) is 5.02. The first-order valence-corrected chi connectivity index (χ1v) is 10.8. The molecule has 0 atom stereocenters. The summed E-state index contributed by atoms with van der Waals surface area (Å²) in [4.78, 5) is 2.39. The van der Waals surface area contributed by atoms with Gasteiger partial charge < -0.3 is 4.90 Å². The Labute approximate surface area is 145 Å². The van der Waals surface area contributed by atoms with Gasteiger partial charge in [0.2, 0.25) is 0 Å². The van der Waals surface area contributed by atoms with Crippen LogP contribution in [0.2, 0.25) is 0 Å². The third-order valence-corrected chi connectivity index (χ3v) is 9.00. The van der Waals surface area contributed by atoms with E-state index >= 15 is 0 Å². The molecule has 1 saturated heterocycles. The van der Waals surface area contributed by atoms with Crippen molar-refractivity contribution in [1.29, 1.82) is 5.26 Å². The van der Waals surface area contributed by atoms with Gasteiger partial charge in [-0.05, 0) is 44.0 Å². The molecule has 1 heterocycles. The van der Waals surface area contributed by atoms with Crippen LogP contribution in [0.15, 0.2) is 71.7 Å². The van der Waals surface area contributed by atoms with Gasteiger partial charge in [-0.1, -0.05) is 36.4 Å². The maximum absolute atomic E-state index is 10.1. The van der Waals surface area contributed by atoms with E-state index in [0.29, 0.717) is 0 Å². The number of benzene rings is 2. The number of hydrogen-bond acceptors (Lipinski definition) is 2. The minimum atomic E-state index is -1.92. The number of hydrogen-bond donors (Lipinski definition) is 0. The van der Waals surface area contributed by atoms with Crippen LogP contribution in [-0.4, -0.2) is 24.7 Å². The third kappa shape index (κ3) is 2.97. The molecule has 0 aromatic heterocycles. The predicted molar refractivity (Wildman–Crippen MR) is 104 cm³/mol. The van der Waals surface area contributed by atoms with Crippen molar-refractivity contribution in [2.75, 3.05) is 19.8 Å². The Balaban J connectivity index is 2.21. The van der Waals surface area contributed by atoms with Crippen molar-refractivity contribution in [1.82, 2.24) is 4.90 Å². The van der Waals surface area contributed by atoms with E-state index in [4.69, 9.17) is 0 Å². The molecule has 1 aliphatic rings. The van der Waals surface area contributed by atoms with Crippen molar-refractivity contribution in [3.63, 3.8) is 0 Å². The van der Waals surface area contributed by atoms with E-state index in [9.17, 15) is 5.26 Å². The first-order chi connectivity index (χ1) is 11.7. The van der Waals surface area contributed by atoms with Crippen LogP contribution in [-0.2, 0) is 0 Å². The second-order valence-corrected chi connectivity index (χ2v) is 9.91. The molecule has 24 heavy (non-hydrogen) atoms. The smallest absolute Gasteiger partial charge is 0.198 e. The second-order valence-electron chi connectivity index (χ2n) is 6.42. The molecule has 1 fully saturated rings. The Morgan fingerprint density at radius 3 is 1.79 bits per heavy atom. The van der Waals surface area contributed by atoms with Gasteiger partial charge in [-0.15, -0.1) is 0 Å². The van der Waals surface area contributed by atoms with Crippen LogP contribution in [0.1, 0.15) is 19.8 Å². The van der Waals surface area contributed by atoms with E-state index in [-0.39, 0.29) is 0 Å². The number of allylic oxidation sites excluding steroid dienone is 2. The number of nitrogens with zero attached hydrogens (tertiary/aromatic N) is 2. The highest BCUT2D eigenvalue weighted by atomic mass is 31.2. The quantitative estimate of drug-likeness (QED) is 0.620. The van der Waals surface area contributed by atoms with Gasteiger partial charge in [0.15, 0.2) is 5.31 Å². The highest BCUT2D eigenvalue weighted by molar-refractivity contribution is 7.92. The predicted octanol–water partition coefficient (Wildman–Crippen LogP) is 4.14. The summed E-state index contributed by atoms with van der Waals surface area (Å²) in [5.41, 5.74) is 1.17. The molecule has 0 saturated carbocycles. The maximum Gasteiger partial charge on any atom is 0.198 e. The van der Waals surface area contributed by atoms with Gasteiger partial charge in [0, 0.05) is 13.1 Å². The summed E-state index contributed by atoms with van der Waals surface area (Å²) < 4.78 is 0. The van der Waals surface area contributed by atoms with E-state index in [0.717, 1.165) is 18.4 Å². The van der Waals surface area contributed by atoms with Crippen molar-refractivity contribution >= 4 is 17.9 Å². The molecule has 3 heteroatoms. The molecule has 0 aliphatic carbocycles. The Morgan fingerprint density at radius 1 is 0.917 bits per heavy atom. The highest BCUT2D eigenvalue weighted by Gasteiger charge is 2.44. The van der Waals surface area contributed by atoms with Crippen LogP contribution in [0.5, 0.6) is 0 Å². The molecule has 2 nitrogen and oxygen atoms in total. The maximum atomic E-state index is 10.1. The van der Waals surface area contributed by atoms with Crippen LogP contribution < -0.4 is 10.6 Å². The van der Waals surface area contributed by atoms with Crippen molar-refractivity contribution in [2.45, 2.75) is 19.8 Å². The first kappa shape index (κ1) is 16.7. The fourth-order valence-corrected chi connectivity index (χ4v) is 6.91. The second kappa shape index (κ2) is 7.20. The fourth-order valence-electron chi connectivity index (χ4n) is 3.57. The van der Waals surface area contributed by atoms with Gasteiger partial charge in [-0.3, -0.25) is 0 Å². The largest absolute Gasteiger partial charge is 0.371 e. The Bertz CT molecular complexity index is 714. The molecule has 0 amide bonds. The van der Waals surface area contributed by atoms with Gasteiger partial charge in [0.1, 0.15) is 23.9 Å². The van der Waals surface area contributed by atoms with E-state index < -0.39 is 7.26 Å². The number of likely N-dealkylation sites (tertiary alicyclic amines) is 1. The zero-order chi connectivity index (χ0) is 17.0. The summed E-state index contributed by atoms with van der Waals surface area (Å²) in [5, 5.41) is 13.6. The number of nitriles is 1. The monoisotopic (exact) mass is 335 g/mol. The first-order valence-electron chi connectivity index (χ1n) is 8.52. The lowest BCUT2D eigenvalue weighted by Crippen LogP contribution is -2.26. The lowest BCUT2D eigenvalue weighted by atomic mass is 10.4. The molecule has 3 rings (SSSR count). The summed E-state index contributed by atoms with van der Waals surface area (Å²) in [6.07, 6.45) is 2.45. The van der Waals surface area contributed by atoms with Gasteiger partial charge in [-0.2, -0.15) is 5.26 Å². The molecular formula is C21H24N2P+. The average molecular weight is 335 g/mol. The molecule has 2 aromatic rings. The van der Waals surface area contributed by atoms with Crippen molar-refractivity contribution < 1.29 is 0 Å². The van der Waals surface area contributed by atoms with Crippen molar-refractivity contribution in [3.05, 3.63) is 71.7 Å². The van der Waals surface area contributed by atoms with E-state index in [1.54, 1.807) is 0 Å². The van der Waals surface area contributed by atoms with Crippen molar-refractivity contribution in [2.24, 2.45) is 0 Å². The minimum Gasteiger partial charge on any atom is -0.371 e. The molecule has 1 aliphatic heterocycles. The summed E-state index contributed by atoms with van der Waals surface area (Å²) in [5.74, 6) is 0. The Hall–Kier alpha value is -2.10. The zero-order valence-electron chi connectivity index (χ0n) is 14.4. The summed E-state index contributed by atoms with van der Waals surface area (Å²) >= 11 is 0. The zero-order valence-corrected chi connectivity index (χ0v) is 15.3. The van der Waals surface area contributed by atoms with Gasteiger partial charge >= 0.3 is 0 Å². The molecule has 0 radical (unpaired) electrons. The van der Waals surface area contributed by atoms with Crippen LogP contribution in [0, 0.1) is 11.3 Å². The van der Waals surface area contributed by atoms with Gasteiger partial charge in [0.05, 0.1) is 12.4 Å². The van der Waals surface area contributed by atoms with E-state index in [1.165, 1.54) is 29.1 Å². The molecule has 0 spiro atoms. The molecule has 0 N–H and O–H groups in total. The Kier molecular flexibility index (Phi) is 5.03. The van der Waals surface area contributed by atoms with Crippen molar-refractivity contribution in [3.8, 4) is 6.07 Å². The average Bonchev–Trinajstić information content (AvgIpc) is 3.18. The minimum absolute atomic E-state index is 0.960. The molecule has 0 bridgehead atoms. The van der Waals surface area contributed by atoms with Crippen LogP contribution in [0.3, 0.4) is 0 Å². The highest BCUT2D eigenvalue weighted by Crippen LogP contribution is 2.61. The molecule has 2 aromatic carbocycles. The number of rotatable bonds is 4. The lowest BCUT2D eigenvalue weighted by Gasteiger charge is -2.26. The molecule has 122 valence electrons. The normalized spacial score (nSPS) is 15.8. The van der Waals surface area contributed by atoms with Gasteiger partial charge in [-0.25, -0.2) is 0 Å². The van der Waals surface area contributed by atoms with E-state index in [2.05, 4.69) is 73.1 Å². The molecule has 0 unspecified atom stereocenters. The fraction of sp³-hybridized carbons (Fsp3) is 0.286. The summed E-state index contributed by atoms with van der Waals surface area (Å²) in [6, 6.07) is 23.7. The van der Waals surface area contributed by atoms with E-state index in [1.807, 2.05) is 12.1 Å². The van der Waals surface area contributed by atoms with Crippen LogP contribution >= 0.6 is 7.26 Å². The van der Waals surface area contributed by atoms with Crippen LogP contribution in [0.4, 0.5) is 0 Å². The summed E-state index contributed by atoms with van der Waals surface area (Å²) in [6.45, 7) is 6.56. The lowest BCUT2D eigenvalue weighted by molar-refractivity contribution is 0.427. The van der Waals surface area contributed by atoms with Crippen LogP contribution in [0.25, 0.3) is 0 Å². The standard InChI is InChI=1S/C21H24N2P/c1-18(23-15-9-10-16-23)21(17-22)24(2,19-11-5-3-6-12-19)20-13-7-4-8-14-20/h3-8,11-14H,9-10,15-16H2,1-2H3/q+1/b21-18-. The SMILES string of the molecule is C/C(=C(\C#N)[P+](C)(c1ccccc1)c1ccccc1)N1CCCC1. The van der Waals surface area contributed by atoms with Gasteiger partial charge in [0.25, 0.3) is 0 Å².